The molecule has 1 fully saturated rings. The average molecular weight is 390 g/mol. The molecule has 0 bridgehead atoms. The van der Waals surface area contributed by atoms with Gasteiger partial charge in [-0.15, -0.1) is 0 Å². The summed E-state index contributed by atoms with van der Waals surface area (Å²) in [5, 5.41) is 3.43. The van der Waals surface area contributed by atoms with Crippen molar-refractivity contribution in [1.82, 2.24) is 0 Å². The Morgan fingerprint density at radius 1 is 0.643 bits per heavy atom. The van der Waals surface area contributed by atoms with E-state index in [2.05, 4.69) is 72.8 Å². The van der Waals surface area contributed by atoms with E-state index in [9.17, 15) is 4.79 Å². The molecule has 0 spiro atoms. The van der Waals surface area contributed by atoms with Crippen molar-refractivity contribution in [3.63, 3.8) is 0 Å². The quantitative estimate of drug-likeness (QED) is 0.440. The van der Waals surface area contributed by atoms with Crippen molar-refractivity contribution in [3.8, 4) is 0 Å². The van der Waals surface area contributed by atoms with Crippen molar-refractivity contribution in [2.45, 2.75) is 37.8 Å². The fourth-order valence-corrected chi connectivity index (χ4v) is 11.7. The maximum atomic E-state index is 12.2. The molecular formula is C25H27O2P. The second-order valence-corrected chi connectivity index (χ2v) is 12.3. The molecule has 0 unspecified atom stereocenters. The summed E-state index contributed by atoms with van der Waals surface area (Å²) in [7, 11) is 0. The van der Waals surface area contributed by atoms with Gasteiger partial charge in [-0.3, -0.25) is 0 Å². The summed E-state index contributed by atoms with van der Waals surface area (Å²) in [5.41, 5.74) is 0.289. The zero-order valence-corrected chi connectivity index (χ0v) is 17.0. The Labute approximate surface area is 167 Å². The first kappa shape index (κ1) is 18.9. The van der Waals surface area contributed by atoms with E-state index in [1.165, 1.54) is 19.3 Å². The van der Waals surface area contributed by atoms with Crippen LogP contribution < -0.4 is 15.9 Å². The van der Waals surface area contributed by atoms with E-state index in [0.717, 1.165) is 28.8 Å². The molecule has 1 aliphatic rings. The number of hydrogen-bond acceptors (Lipinski definition) is 2. The fourth-order valence-electron chi connectivity index (χ4n) is 5.18. The molecule has 0 N–H and O–H groups in total. The van der Waals surface area contributed by atoms with E-state index in [0.29, 0.717) is 6.47 Å². The molecule has 0 radical (unpaired) electrons. The van der Waals surface area contributed by atoms with E-state index in [-0.39, 0.29) is 5.66 Å². The third-order valence-electron chi connectivity index (χ3n) is 6.34. The molecule has 0 aromatic heterocycles. The van der Waals surface area contributed by atoms with E-state index < -0.39 is 6.83 Å². The SMILES string of the molecule is O=COP(c1ccccc1)(c1ccccc1)(c1ccccc1)C1CCCCC1. The van der Waals surface area contributed by atoms with Crippen LogP contribution in [0, 0.1) is 0 Å². The van der Waals surface area contributed by atoms with Gasteiger partial charge < -0.3 is 0 Å². The summed E-state index contributed by atoms with van der Waals surface area (Å²) in [6, 6.07) is 31.5. The number of benzene rings is 3. The first-order valence-electron chi connectivity index (χ1n) is 10.1. The van der Waals surface area contributed by atoms with Gasteiger partial charge >= 0.3 is 167 Å². The van der Waals surface area contributed by atoms with Crippen molar-refractivity contribution in [1.29, 1.82) is 0 Å². The third kappa shape index (κ3) is 2.71. The van der Waals surface area contributed by atoms with Gasteiger partial charge in [0.25, 0.3) is 0 Å². The Hall–Kier alpha value is -2.44. The Balaban J connectivity index is 2.18. The van der Waals surface area contributed by atoms with Crippen molar-refractivity contribution in [2.24, 2.45) is 0 Å². The second kappa shape index (κ2) is 7.89. The van der Waals surface area contributed by atoms with Crippen molar-refractivity contribution in [2.75, 3.05) is 0 Å². The van der Waals surface area contributed by atoms with Gasteiger partial charge in [0.1, 0.15) is 0 Å². The van der Waals surface area contributed by atoms with Gasteiger partial charge in [0.15, 0.2) is 0 Å². The second-order valence-electron chi connectivity index (χ2n) is 7.60. The molecule has 2 nitrogen and oxygen atoms in total. The van der Waals surface area contributed by atoms with E-state index in [1.807, 2.05) is 18.2 Å². The summed E-state index contributed by atoms with van der Waals surface area (Å²) in [5.74, 6) is 0. The molecule has 0 amide bonds. The van der Waals surface area contributed by atoms with Crippen LogP contribution in [0.4, 0.5) is 0 Å². The molecule has 3 aromatic rings. The zero-order valence-electron chi connectivity index (χ0n) is 16.1. The molecule has 3 aromatic carbocycles. The summed E-state index contributed by atoms with van der Waals surface area (Å²) >= 11 is 0. The Bertz CT molecular complexity index is 804. The molecule has 1 aliphatic carbocycles. The Morgan fingerprint density at radius 3 is 1.39 bits per heavy atom. The fraction of sp³-hybridized carbons (Fsp3) is 0.240. The minimum atomic E-state index is -3.46. The summed E-state index contributed by atoms with van der Waals surface area (Å²) in [6.45, 7) is -2.75. The Morgan fingerprint density at radius 2 is 1.04 bits per heavy atom. The van der Waals surface area contributed by atoms with Crippen LogP contribution in [0.15, 0.2) is 91.0 Å². The molecule has 0 aliphatic heterocycles. The molecule has 1 saturated carbocycles. The average Bonchev–Trinajstić information content (AvgIpc) is 2.80. The number of hydrogen-bond donors (Lipinski definition) is 0. The molecule has 0 heterocycles. The molecule has 28 heavy (non-hydrogen) atoms. The van der Waals surface area contributed by atoms with Crippen molar-refractivity contribution < 1.29 is 9.32 Å². The van der Waals surface area contributed by atoms with Crippen LogP contribution in [0.5, 0.6) is 0 Å². The van der Waals surface area contributed by atoms with Crippen molar-refractivity contribution in [3.05, 3.63) is 91.0 Å². The summed E-state index contributed by atoms with van der Waals surface area (Å²) < 4.78 is 6.56. The van der Waals surface area contributed by atoms with Crippen LogP contribution in [0.25, 0.3) is 0 Å². The van der Waals surface area contributed by atoms with Gasteiger partial charge in [0.2, 0.25) is 0 Å². The van der Waals surface area contributed by atoms with E-state index >= 15 is 0 Å². The molecular weight excluding hydrogens is 363 g/mol. The monoisotopic (exact) mass is 390 g/mol. The summed E-state index contributed by atoms with van der Waals surface area (Å²) in [6.07, 6.45) is 5.76. The van der Waals surface area contributed by atoms with Crippen LogP contribution in [0.2, 0.25) is 0 Å². The number of rotatable bonds is 6. The maximum absolute atomic E-state index is 12.2. The van der Waals surface area contributed by atoms with Crippen molar-refractivity contribution >= 4 is 29.2 Å². The Kier molecular flexibility index (Phi) is 5.33. The van der Waals surface area contributed by atoms with E-state index in [1.54, 1.807) is 0 Å². The predicted octanol–water partition coefficient (Wildman–Crippen LogP) is 4.94. The topological polar surface area (TPSA) is 26.3 Å². The molecule has 144 valence electrons. The van der Waals surface area contributed by atoms with Crippen LogP contribution in [0.3, 0.4) is 0 Å². The summed E-state index contributed by atoms with van der Waals surface area (Å²) in [4.78, 5) is 12.2. The van der Waals surface area contributed by atoms with Crippen LogP contribution in [-0.4, -0.2) is 12.1 Å². The number of carbonyl (C=O) groups excluding carboxylic acids is 1. The van der Waals surface area contributed by atoms with Crippen LogP contribution in [0.1, 0.15) is 32.1 Å². The molecule has 4 rings (SSSR count). The van der Waals surface area contributed by atoms with Gasteiger partial charge in [-0.05, 0) is 0 Å². The molecule has 3 heteroatoms. The van der Waals surface area contributed by atoms with E-state index in [4.69, 9.17) is 4.52 Å². The first-order valence-corrected chi connectivity index (χ1v) is 12.4. The molecule has 0 saturated heterocycles. The predicted molar refractivity (Wildman–Crippen MR) is 119 cm³/mol. The standard InChI is InChI=1S/C25H27O2P/c26-21-27-28(22-13-5-1-6-14-22,23-15-7-2-8-16-23,24-17-9-3-10-18-24)25-19-11-4-12-20-25/h1-3,5-10,13-18,21,25H,4,11-12,19-20H2. The van der Waals surface area contributed by atoms with Gasteiger partial charge in [0, 0.05) is 0 Å². The zero-order chi connectivity index (χ0) is 19.3. The van der Waals surface area contributed by atoms with Crippen LogP contribution in [-0.2, 0) is 9.32 Å². The normalized spacial score (nSPS) is 16.6. The van der Waals surface area contributed by atoms with Gasteiger partial charge in [-0.1, -0.05) is 0 Å². The minimum absolute atomic E-state index is 0.289. The number of carbonyl (C=O) groups is 1. The first-order chi connectivity index (χ1) is 13.8. The van der Waals surface area contributed by atoms with Crippen LogP contribution >= 0.6 is 6.83 Å². The van der Waals surface area contributed by atoms with Gasteiger partial charge in [0.05, 0.1) is 0 Å². The molecule has 0 atom stereocenters. The van der Waals surface area contributed by atoms with Gasteiger partial charge in [-0.25, -0.2) is 0 Å². The third-order valence-corrected chi connectivity index (χ3v) is 12.7. The van der Waals surface area contributed by atoms with Gasteiger partial charge in [-0.2, -0.15) is 0 Å².